The van der Waals surface area contributed by atoms with Gasteiger partial charge in [-0.25, -0.2) is 4.99 Å². The van der Waals surface area contributed by atoms with E-state index in [2.05, 4.69) is 23.7 Å². The van der Waals surface area contributed by atoms with Gasteiger partial charge in [0.1, 0.15) is 5.84 Å². The van der Waals surface area contributed by atoms with Crippen molar-refractivity contribution in [2.75, 3.05) is 0 Å². The summed E-state index contributed by atoms with van der Waals surface area (Å²) < 4.78 is 0. The van der Waals surface area contributed by atoms with E-state index in [0.29, 0.717) is 17.8 Å². The maximum absolute atomic E-state index is 9.05. The van der Waals surface area contributed by atoms with Crippen LogP contribution in [0.1, 0.15) is 24.5 Å². The SMILES string of the molecule is C=C(C)C1=Cc2ccc(-c3cccc(C#N)c3)cc2N=C(N)C1. The van der Waals surface area contributed by atoms with Crippen LogP contribution in [0.5, 0.6) is 0 Å². The van der Waals surface area contributed by atoms with Gasteiger partial charge in [0.05, 0.1) is 17.3 Å². The fourth-order valence-electron chi connectivity index (χ4n) is 2.61. The third-order valence-electron chi connectivity index (χ3n) is 3.87. The van der Waals surface area contributed by atoms with E-state index in [0.717, 1.165) is 33.5 Å². The van der Waals surface area contributed by atoms with Crippen molar-refractivity contribution in [2.45, 2.75) is 13.3 Å². The molecular weight excluding hydrogens is 282 g/mol. The molecule has 3 nitrogen and oxygen atoms in total. The zero-order valence-electron chi connectivity index (χ0n) is 13.0. The molecule has 0 spiro atoms. The molecule has 3 heteroatoms. The molecule has 112 valence electrons. The first-order chi connectivity index (χ1) is 11.1. The van der Waals surface area contributed by atoms with Gasteiger partial charge >= 0.3 is 0 Å². The zero-order valence-corrected chi connectivity index (χ0v) is 13.0. The highest BCUT2D eigenvalue weighted by molar-refractivity contribution is 5.92. The smallest absolute Gasteiger partial charge is 0.104 e. The summed E-state index contributed by atoms with van der Waals surface area (Å²) in [6, 6.07) is 15.8. The quantitative estimate of drug-likeness (QED) is 0.882. The summed E-state index contributed by atoms with van der Waals surface area (Å²) in [5.74, 6) is 0.584. The number of fused-ring (bicyclic) bond motifs is 1. The first-order valence-corrected chi connectivity index (χ1v) is 7.41. The molecule has 1 heterocycles. The van der Waals surface area contributed by atoms with Gasteiger partial charge in [-0.2, -0.15) is 5.26 Å². The van der Waals surface area contributed by atoms with Crippen LogP contribution in [0.25, 0.3) is 17.2 Å². The molecule has 23 heavy (non-hydrogen) atoms. The highest BCUT2D eigenvalue weighted by Gasteiger charge is 2.11. The van der Waals surface area contributed by atoms with Crippen LogP contribution >= 0.6 is 0 Å². The van der Waals surface area contributed by atoms with Crippen LogP contribution in [-0.4, -0.2) is 5.84 Å². The number of amidine groups is 1. The summed E-state index contributed by atoms with van der Waals surface area (Å²) in [4.78, 5) is 4.54. The van der Waals surface area contributed by atoms with Gasteiger partial charge in [-0.1, -0.05) is 36.4 Å². The average molecular weight is 299 g/mol. The Morgan fingerprint density at radius 1 is 1.22 bits per heavy atom. The lowest BCUT2D eigenvalue weighted by Crippen LogP contribution is -2.11. The monoisotopic (exact) mass is 299 g/mol. The normalized spacial score (nSPS) is 13.2. The Hall–Kier alpha value is -3.12. The van der Waals surface area contributed by atoms with Crippen molar-refractivity contribution in [3.63, 3.8) is 0 Å². The van der Waals surface area contributed by atoms with Crippen LogP contribution in [-0.2, 0) is 0 Å². The molecule has 0 fully saturated rings. The third-order valence-corrected chi connectivity index (χ3v) is 3.87. The molecule has 0 saturated heterocycles. The predicted molar refractivity (Wildman–Crippen MR) is 95.3 cm³/mol. The van der Waals surface area contributed by atoms with E-state index in [1.54, 1.807) is 6.07 Å². The Morgan fingerprint density at radius 2 is 2.00 bits per heavy atom. The zero-order chi connectivity index (χ0) is 16.4. The lowest BCUT2D eigenvalue weighted by Gasteiger charge is -2.06. The number of nitrogens with two attached hydrogens (primary N) is 1. The summed E-state index contributed by atoms with van der Waals surface area (Å²) >= 11 is 0. The van der Waals surface area contributed by atoms with Gasteiger partial charge in [0.15, 0.2) is 0 Å². The molecule has 2 aromatic carbocycles. The second kappa shape index (κ2) is 5.94. The second-order valence-corrected chi connectivity index (χ2v) is 5.70. The maximum atomic E-state index is 9.05. The summed E-state index contributed by atoms with van der Waals surface area (Å²) in [6.07, 6.45) is 2.71. The fraction of sp³-hybridized carbons (Fsp3) is 0.100. The number of hydrogen-bond acceptors (Lipinski definition) is 3. The Balaban J connectivity index is 2.11. The summed E-state index contributed by atoms with van der Waals surface area (Å²) in [7, 11) is 0. The first kappa shape index (κ1) is 14.8. The molecule has 2 aromatic rings. The molecular formula is C20H17N3. The molecule has 0 bridgehead atoms. The minimum Gasteiger partial charge on any atom is -0.387 e. The van der Waals surface area contributed by atoms with Gasteiger partial charge in [-0.15, -0.1) is 0 Å². The molecule has 1 aliphatic heterocycles. The van der Waals surface area contributed by atoms with E-state index in [-0.39, 0.29) is 0 Å². The molecule has 0 saturated carbocycles. The molecule has 0 amide bonds. The van der Waals surface area contributed by atoms with Crippen LogP contribution in [0.2, 0.25) is 0 Å². The Morgan fingerprint density at radius 3 is 2.74 bits per heavy atom. The van der Waals surface area contributed by atoms with Gasteiger partial charge in [-0.3, -0.25) is 0 Å². The van der Waals surface area contributed by atoms with E-state index in [1.807, 2.05) is 43.3 Å². The average Bonchev–Trinajstić information content (AvgIpc) is 2.72. The third kappa shape index (κ3) is 3.07. The first-order valence-electron chi connectivity index (χ1n) is 7.41. The van der Waals surface area contributed by atoms with Crippen molar-refractivity contribution in [3.05, 3.63) is 71.3 Å². The topological polar surface area (TPSA) is 62.2 Å². The largest absolute Gasteiger partial charge is 0.387 e. The second-order valence-electron chi connectivity index (χ2n) is 5.70. The fourth-order valence-corrected chi connectivity index (χ4v) is 2.61. The van der Waals surface area contributed by atoms with Gasteiger partial charge in [0.2, 0.25) is 0 Å². The van der Waals surface area contributed by atoms with Crippen molar-refractivity contribution in [1.29, 1.82) is 5.26 Å². The van der Waals surface area contributed by atoms with Crippen molar-refractivity contribution in [2.24, 2.45) is 10.7 Å². The molecule has 0 radical (unpaired) electrons. The van der Waals surface area contributed by atoms with E-state index in [9.17, 15) is 0 Å². The number of nitriles is 1. The van der Waals surface area contributed by atoms with E-state index in [4.69, 9.17) is 11.0 Å². The minimum atomic E-state index is 0.584. The minimum absolute atomic E-state index is 0.584. The Kier molecular flexibility index (Phi) is 3.82. The maximum Gasteiger partial charge on any atom is 0.104 e. The van der Waals surface area contributed by atoms with E-state index < -0.39 is 0 Å². The van der Waals surface area contributed by atoms with Crippen molar-refractivity contribution in [1.82, 2.24) is 0 Å². The lowest BCUT2D eigenvalue weighted by atomic mass is 9.98. The standard InChI is InChI=1S/C20H17N3/c1-13(2)18-9-17-7-6-16(10-19(17)23-20(22)11-18)15-5-3-4-14(8-15)12-21/h3-10H,1,11H2,2H3,(H2,22,23). The van der Waals surface area contributed by atoms with E-state index in [1.165, 1.54) is 0 Å². The number of allylic oxidation sites excluding steroid dienone is 1. The van der Waals surface area contributed by atoms with Gasteiger partial charge in [0.25, 0.3) is 0 Å². The van der Waals surface area contributed by atoms with Crippen molar-refractivity contribution >= 4 is 17.6 Å². The summed E-state index contributed by atoms with van der Waals surface area (Å²) in [5.41, 5.74) is 12.7. The number of hydrogen-bond donors (Lipinski definition) is 1. The number of benzene rings is 2. The van der Waals surface area contributed by atoms with Crippen LogP contribution in [0, 0.1) is 11.3 Å². The van der Waals surface area contributed by atoms with Crippen molar-refractivity contribution in [3.8, 4) is 17.2 Å². The molecule has 0 aliphatic carbocycles. The molecule has 0 unspecified atom stereocenters. The molecule has 0 atom stereocenters. The van der Waals surface area contributed by atoms with Crippen LogP contribution in [0.15, 0.2) is 65.2 Å². The molecule has 2 N–H and O–H groups in total. The number of rotatable bonds is 2. The highest BCUT2D eigenvalue weighted by atomic mass is 14.9. The van der Waals surface area contributed by atoms with Gasteiger partial charge in [-0.05, 0) is 47.9 Å². The Labute approximate surface area is 136 Å². The predicted octanol–water partition coefficient (Wildman–Crippen LogP) is 4.58. The van der Waals surface area contributed by atoms with Crippen LogP contribution in [0.3, 0.4) is 0 Å². The van der Waals surface area contributed by atoms with Crippen LogP contribution in [0.4, 0.5) is 5.69 Å². The van der Waals surface area contributed by atoms with E-state index >= 15 is 0 Å². The molecule has 0 aromatic heterocycles. The summed E-state index contributed by atoms with van der Waals surface area (Å²) in [5, 5.41) is 9.05. The summed E-state index contributed by atoms with van der Waals surface area (Å²) in [6.45, 7) is 5.98. The lowest BCUT2D eigenvalue weighted by molar-refractivity contribution is 1.25. The Bertz CT molecular complexity index is 895. The highest BCUT2D eigenvalue weighted by Crippen LogP contribution is 2.32. The van der Waals surface area contributed by atoms with Gasteiger partial charge < -0.3 is 5.73 Å². The van der Waals surface area contributed by atoms with Crippen LogP contribution < -0.4 is 5.73 Å². The molecule has 3 rings (SSSR count). The molecule has 1 aliphatic rings. The van der Waals surface area contributed by atoms with Crippen molar-refractivity contribution < 1.29 is 0 Å². The number of aliphatic imine (C=N–C) groups is 1. The number of nitrogens with zero attached hydrogens (tertiary/aromatic N) is 2. The van der Waals surface area contributed by atoms with Gasteiger partial charge in [0, 0.05) is 12.0 Å².